The Morgan fingerprint density at radius 1 is 1.44 bits per heavy atom. The highest BCUT2D eigenvalue weighted by Crippen LogP contribution is 2.21. The van der Waals surface area contributed by atoms with Crippen molar-refractivity contribution in [2.45, 2.75) is 60.0 Å². The second kappa shape index (κ2) is 5.78. The first-order valence-electron chi connectivity index (χ1n) is 6.01. The average Bonchev–Trinajstić information content (AvgIpc) is 2.57. The van der Waals surface area contributed by atoms with E-state index in [1.807, 2.05) is 6.92 Å². The van der Waals surface area contributed by atoms with Gasteiger partial charge in [0.05, 0.1) is 0 Å². The molecule has 0 aliphatic carbocycles. The minimum atomic E-state index is 0.438. The molecule has 0 bridgehead atoms. The fourth-order valence-electron chi connectivity index (χ4n) is 1.50. The van der Waals surface area contributed by atoms with Gasteiger partial charge in [0.15, 0.2) is 0 Å². The second-order valence-electron chi connectivity index (χ2n) is 5.76. The molecule has 92 valence electrons. The number of aromatic nitrogens is 1. The Kier molecular flexibility index (Phi) is 4.93. The van der Waals surface area contributed by atoms with Crippen molar-refractivity contribution < 1.29 is 0 Å². The highest BCUT2D eigenvalue weighted by atomic mass is 32.1. The smallest absolute Gasteiger partial charge is 0.107 e. The lowest BCUT2D eigenvalue weighted by atomic mass is 9.89. The quantitative estimate of drug-likeness (QED) is 0.847. The van der Waals surface area contributed by atoms with Crippen molar-refractivity contribution in [3.63, 3.8) is 0 Å². The van der Waals surface area contributed by atoms with Gasteiger partial charge < -0.3 is 5.32 Å². The third-order valence-electron chi connectivity index (χ3n) is 2.60. The van der Waals surface area contributed by atoms with Crippen molar-refractivity contribution in [1.29, 1.82) is 0 Å². The molecule has 0 saturated heterocycles. The maximum absolute atomic E-state index is 4.45. The molecule has 0 aliphatic rings. The van der Waals surface area contributed by atoms with Crippen LogP contribution in [0.15, 0.2) is 5.38 Å². The minimum Gasteiger partial charge on any atom is -0.308 e. The number of hydrogen-bond donors (Lipinski definition) is 1. The van der Waals surface area contributed by atoms with E-state index in [4.69, 9.17) is 0 Å². The molecule has 1 aromatic heterocycles. The molecule has 16 heavy (non-hydrogen) atoms. The van der Waals surface area contributed by atoms with Gasteiger partial charge in [-0.3, -0.25) is 0 Å². The molecule has 0 aliphatic heterocycles. The zero-order valence-electron chi connectivity index (χ0n) is 11.1. The zero-order chi connectivity index (χ0) is 12.2. The van der Waals surface area contributed by atoms with E-state index >= 15 is 0 Å². The van der Waals surface area contributed by atoms with E-state index in [9.17, 15) is 0 Å². The van der Waals surface area contributed by atoms with Gasteiger partial charge in [-0.1, -0.05) is 20.8 Å². The summed E-state index contributed by atoms with van der Waals surface area (Å²) < 4.78 is 0. The number of nitrogens with one attached hydrogen (secondary N) is 1. The van der Waals surface area contributed by atoms with Crippen LogP contribution < -0.4 is 5.32 Å². The topological polar surface area (TPSA) is 24.9 Å². The van der Waals surface area contributed by atoms with Gasteiger partial charge in [-0.25, -0.2) is 4.98 Å². The van der Waals surface area contributed by atoms with E-state index in [2.05, 4.69) is 43.4 Å². The van der Waals surface area contributed by atoms with Gasteiger partial charge in [0.1, 0.15) is 5.01 Å². The molecule has 1 atom stereocenters. The molecule has 0 amide bonds. The SMILES string of the molecule is Cc1csc(CNC(C)CCC(C)(C)C)n1. The lowest BCUT2D eigenvalue weighted by Gasteiger charge is -2.21. The van der Waals surface area contributed by atoms with Crippen LogP contribution in [0, 0.1) is 12.3 Å². The number of thiazole rings is 1. The van der Waals surface area contributed by atoms with E-state index in [1.165, 1.54) is 17.8 Å². The molecule has 1 rings (SSSR count). The van der Waals surface area contributed by atoms with E-state index in [0.29, 0.717) is 11.5 Å². The Labute approximate surface area is 103 Å². The summed E-state index contributed by atoms with van der Waals surface area (Å²) in [5.41, 5.74) is 1.57. The van der Waals surface area contributed by atoms with Crippen LogP contribution in [0.5, 0.6) is 0 Å². The van der Waals surface area contributed by atoms with Gasteiger partial charge in [-0.2, -0.15) is 0 Å². The molecule has 0 radical (unpaired) electrons. The largest absolute Gasteiger partial charge is 0.308 e. The van der Waals surface area contributed by atoms with Crippen LogP contribution in [-0.4, -0.2) is 11.0 Å². The van der Waals surface area contributed by atoms with Crippen LogP contribution in [-0.2, 0) is 6.54 Å². The van der Waals surface area contributed by atoms with Crippen LogP contribution in [0.4, 0.5) is 0 Å². The van der Waals surface area contributed by atoms with E-state index < -0.39 is 0 Å². The minimum absolute atomic E-state index is 0.438. The first kappa shape index (κ1) is 13.7. The molecule has 1 N–H and O–H groups in total. The summed E-state index contributed by atoms with van der Waals surface area (Å²) in [5.74, 6) is 0. The monoisotopic (exact) mass is 240 g/mol. The second-order valence-corrected chi connectivity index (χ2v) is 6.71. The van der Waals surface area contributed by atoms with Crippen LogP contribution in [0.25, 0.3) is 0 Å². The van der Waals surface area contributed by atoms with E-state index in [1.54, 1.807) is 11.3 Å². The van der Waals surface area contributed by atoms with Gasteiger partial charge in [0.2, 0.25) is 0 Å². The Balaban J connectivity index is 2.22. The van der Waals surface area contributed by atoms with Crippen molar-refractivity contribution >= 4 is 11.3 Å². The summed E-state index contributed by atoms with van der Waals surface area (Å²) >= 11 is 1.74. The number of hydrogen-bond acceptors (Lipinski definition) is 3. The van der Waals surface area contributed by atoms with Gasteiger partial charge in [-0.05, 0) is 32.1 Å². The highest BCUT2D eigenvalue weighted by molar-refractivity contribution is 7.09. The molecule has 0 fully saturated rings. The fraction of sp³-hybridized carbons (Fsp3) is 0.769. The normalized spacial score (nSPS) is 14.1. The molecule has 1 unspecified atom stereocenters. The Morgan fingerprint density at radius 3 is 2.62 bits per heavy atom. The molecular weight excluding hydrogens is 216 g/mol. The fourth-order valence-corrected chi connectivity index (χ4v) is 2.22. The third-order valence-corrected chi connectivity index (χ3v) is 3.56. The van der Waals surface area contributed by atoms with Gasteiger partial charge in [0.25, 0.3) is 0 Å². The van der Waals surface area contributed by atoms with Gasteiger partial charge >= 0.3 is 0 Å². The van der Waals surface area contributed by atoms with Crippen LogP contribution in [0.2, 0.25) is 0 Å². The predicted molar refractivity (Wildman–Crippen MR) is 71.8 cm³/mol. The summed E-state index contributed by atoms with van der Waals surface area (Å²) in [6, 6.07) is 0.573. The maximum Gasteiger partial charge on any atom is 0.107 e. The molecule has 0 spiro atoms. The molecule has 3 heteroatoms. The van der Waals surface area contributed by atoms with Crippen LogP contribution in [0.1, 0.15) is 51.2 Å². The molecule has 0 aromatic carbocycles. The van der Waals surface area contributed by atoms with Gasteiger partial charge in [0, 0.05) is 23.7 Å². The number of aryl methyl sites for hydroxylation is 1. The molecular formula is C13H24N2S. The third kappa shape index (κ3) is 5.61. The molecule has 1 heterocycles. The highest BCUT2D eigenvalue weighted by Gasteiger charge is 2.12. The molecule has 0 saturated carbocycles. The lowest BCUT2D eigenvalue weighted by Crippen LogP contribution is -2.26. The van der Waals surface area contributed by atoms with Gasteiger partial charge in [-0.15, -0.1) is 11.3 Å². The Hall–Kier alpha value is -0.410. The van der Waals surface area contributed by atoms with E-state index in [-0.39, 0.29) is 0 Å². The molecule has 1 aromatic rings. The van der Waals surface area contributed by atoms with Crippen LogP contribution in [0.3, 0.4) is 0 Å². The summed E-state index contributed by atoms with van der Waals surface area (Å²) in [4.78, 5) is 4.45. The van der Waals surface area contributed by atoms with Crippen LogP contribution >= 0.6 is 11.3 Å². The van der Waals surface area contributed by atoms with Crippen molar-refractivity contribution in [2.24, 2.45) is 5.41 Å². The standard InChI is InChI=1S/C13H24N2S/c1-10(6-7-13(3,4)5)14-8-12-15-11(2)9-16-12/h9-10,14H,6-8H2,1-5H3. The summed E-state index contributed by atoms with van der Waals surface area (Å²) in [6.07, 6.45) is 2.49. The first-order valence-corrected chi connectivity index (χ1v) is 6.89. The van der Waals surface area contributed by atoms with Crippen molar-refractivity contribution in [3.05, 3.63) is 16.1 Å². The summed E-state index contributed by atoms with van der Waals surface area (Å²) in [5, 5.41) is 6.84. The number of rotatable bonds is 5. The van der Waals surface area contributed by atoms with Crippen molar-refractivity contribution in [1.82, 2.24) is 10.3 Å². The van der Waals surface area contributed by atoms with E-state index in [0.717, 1.165) is 12.2 Å². The maximum atomic E-state index is 4.45. The predicted octanol–water partition coefficient (Wildman–Crippen LogP) is 3.76. The summed E-state index contributed by atoms with van der Waals surface area (Å²) in [6.45, 7) is 12.1. The zero-order valence-corrected chi connectivity index (χ0v) is 11.9. The number of nitrogens with zero attached hydrogens (tertiary/aromatic N) is 1. The van der Waals surface area contributed by atoms with Crippen molar-refractivity contribution in [2.75, 3.05) is 0 Å². The Morgan fingerprint density at radius 2 is 2.12 bits per heavy atom. The average molecular weight is 240 g/mol. The summed E-state index contributed by atoms with van der Waals surface area (Å²) in [7, 11) is 0. The van der Waals surface area contributed by atoms with Crippen molar-refractivity contribution in [3.8, 4) is 0 Å². The first-order chi connectivity index (χ1) is 7.37. The lowest BCUT2D eigenvalue weighted by molar-refractivity contribution is 0.336. The molecule has 2 nitrogen and oxygen atoms in total. The Bertz CT molecular complexity index is 312.